The van der Waals surface area contributed by atoms with E-state index in [9.17, 15) is 14.7 Å². The number of para-hydroxylation sites is 1. The molecule has 1 aromatic carbocycles. The minimum Gasteiger partial charge on any atom is -0.507 e. The molecule has 0 saturated carbocycles. The Morgan fingerprint density at radius 1 is 1.29 bits per heavy atom. The summed E-state index contributed by atoms with van der Waals surface area (Å²) in [5, 5.41) is 10.2. The topological polar surface area (TPSA) is 60.9 Å². The summed E-state index contributed by atoms with van der Waals surface area (Å²) < 4.78 is 0. The Morgan fingerprint density at radius 3 is 2.83 bits per heavy atom. The van der Waals surface area contributed by atoms with Crippen LogP contribution in [0.1, 0.15) is 48.5 Å². The summed E-state index contributed by atoms with van der Waals surface area (Å²) in [5.41, 5.74) is 1.11. The zero-order valence-corrected chi connectivity index (χ0v) is 14.5. The van der Waals surface area contributed by atoms with Gasteiger partial charge in [-0.15, -0.1) is 0 Å². The minimum absolute atomic E-state index is 0.0112. The van der Waals surface area contributed by atoms with Gasteiger partial charge in [-0.05, 0) is 44.7 Å². The number of nitrogens with zero attached hydrogens (tertiary/aromatic N) is 2. The highest BCUT2D eigenvalue weighted by molar-refractivity contribution is 5.97. The SMILES string of the molecule is CCN1CC2(CCCN(C(=O)c3cccc(C)c3O)C2)CCC1=O. The molecule has 0 aromatic heterocycles. The van der Waals surface area contributed by atoms with Gasteiger partial charge < -0.3 is 14.9 Å². The lowest BCUT2D eigenvalue weighted by molar-refractivity contribution is -0.138. The largest absolute Gasteiger partial charge is 0.507 e. The maximum Gasteiger partial charge on any atom is 0.257 e. The van der Waals surface area contributed by atoms with E-state index in [2.05, 4.69) is 0 Å². The number of carbonyl (C=O) groups is 2. The number of piperidine rings is 2. The second-order valence-electron chi connectivity index (χ2n) is 7.21. The van der Waals surface area contributed by atoms with Crippen LogP contribution >= 0.6 is 0 Å². The van der Waals surface area contributed by atoms with Crippen molar-refractivity contribution in [3.8, 4) is 5.75 Å². The minimum atomic E-state index is -0.102. The van der Waals surface area contributed by atoms with Gasteiger partial charge in [0.25, 0.3) is 5.91 Å². The van der Waals surface area contributed by atoms with Gasteiger partial charge >= 0.3 is 0 Å². The van der Waals surface area contributed by atoms with Crippen LogP contribution in [-0.2, 0) is 4.79 Å². The number of aryl methyl sites for hydroxylation is 1. The third-order valence-electron chi connectivity index (χ3n) is 5.55. The molecule has 1 N–H and O–H groups in total. The normalized spacial score (nSPS) is 24.5. The monoisotopic (exact) mass is 330 g/mol. The van der Waals surface area contributed by atoms with Gasteiger partial charge in [-0.2, -0.15) is 0 Å². The molecule has 1 atom stereocenters. The number of carbonyl (C=O) groups excluding carboxylic acids is 2. The third kappa shape index (κ3) is 2.99. The molecule has 2 fully saturated rings. The summed E-state index contributed by atoms with van der Waals surface area (Å²) in [6.45, 7) is 6.67. The fraction of sp³-hybridized carbons (Fsp3) is 0.579. The molecule has 2 aliphatic heterocycles. The van der Waals surface area contributed by atoms with Gasteiger partial charge in [0.1, 0.15) is 5.75 Å². The molecule has 2 saturated heterocycles. The van der Waals surface area contributed by atoms with E-state index in [0.29, 0.717) is 30.6 Å². The molecule has 0 radical (unpaired) electrons. The first kappa shape index (κ1) is 16.8. The van der Waals surface area contributed by atoms with Gasteiger partial charge in [0.15, 0.2) is 0 Å². The van der Waals surface area contributed by atoms with E-state index < -0.39 is 0 Å². The van der Waals surface area contributed by atoms with Crippen LogP contribution in [0.3, 0.4) is 0 Å². The maximum atomic E-state index is 12.9. The zero-order chi connectivity index (χ0) is 17.3. The lowest BCUT2D eigenvalue weighted by Crippen LogP contribution is -2.55. The van der Waals surface area contributed by atoms with E-state index in [1.54, 1.807) is 25.1 Å². The Hall–Kier alpha value is -2.04. The zero-order valence-electron chi connectivity index (χ0n) is 14.5. The standard InChI is InChI=1S/C19H26N2O3/c1-3-20-12-19(10-8-16(20)22)9-5-11-21(13-19)18(24)15-7-4-6-14(2)17(15)23/h4,6-7,23H,3,5,8-13H2,1-2H3. The van der Waals surface area contributed by atoms with Crippen molar-refractivity contribution in [3.05, 3.63) is 29.3 Å². The number of rotatable bonds is 2. The van der Waals surface area contributed by atoms with Crippen LogP contribution in [0.15, 0.2) is 18.2 Å². The Labute approximate surface area is 143 Å². The third-order valence-corrected chi connectivity index (χ3v) is 5.55. The lowest BCUT2D eigenvalue weighted by atomic mass is 9.73. The van der Waals surface area contributed by atoms with Crippen molar-refractivity contribution in [2.45, 2.75) is 39.5 Å². The summed E-state index contributed by atoms with van der Waals surface area (Å²) in [4.78, 5) is 28.7. The Morgan fingerprint density at radius 2 is 2.08 bits per heavy atom. The highest BCUT2D eigenvalue weighted by atomic mass is 16.3. The molecule has 1 unspecified atom stereocenters. The van der Waals surface area contributed by atoms with Crippen molar-refractivity contribution in [2.24, 2.45) is 5.41 Å². The molecule has 3 rings (SSSR count). The molecule has 0 aliphatic carbocycles. The molecule has 5 nitrogen and oxygen atoms in total. The van der Waals surface area contributed by atoms with Crippen LogP contribution in [0.5, 0.6) is 5.75 Å². The van der Waals surface area contributed by atoms with E-state index in [1.807, 2.05) is 16.7 Å². The van der Waals surface area contributed by atoms with Crippen molar-refractivity contribution in [2.75, 3.05) is 26.2 Å². The maximum absolute atomic E-state index is 12.9. The van der Waals surface area contributed by atoms with Gasteiger partial charge in [-0.3, -0.25) is 9.59 Å². The molecular weight excluding hydrogens is 304 g/mol. The summed E-state index contributed by atoms with van der Waals surface area (Å²) in [6, 6.07) is 5.30. The number of phenols is 1. The Balaban J connectivity index is 1.79. The summed E-state index contributed by atoms with van der Waals surface area (Å²) in [5.74, 6) is 0.203. The molecule has 1 spiro atoms. The van der Waals surface area contributed by atoms with Gasteiger partial charge in [-0.25, -0.2) is 0 Å². The fourth-order valence-corrected chi connectivity index (χ4v) is 4.11. The van der Waals surface area contributed by atoms with Crippen LogP contribution in [0, 0.1) is 12.3 Å². The van der Waals surface area contributed by atoms with E-state index in [-0.39, 0.29) is 23.0 Å². The number of hydrogen-bond acceptors (Lipinski definition) is 3. The number of hydrogen-bond donors (Lipinski definition) is 1. The average molecular weight is 330 g/mol. The fourth-order valence-electron chi connectivity index (χ4n) is 4.11. The number of amides is 2. The first-order valence-electron chi connectivity index (χ1n) is 8.81. The smallest absolute Gasteiger partial charge is 0.257 e. The summed E-state index contributed by atoms with van der Waals surface area (Å²) in [6.07, 6.45) is 3.43. The predicted octanol–water partition coefficient (Wildman–Crippen LogP) is 2.57. The van der Waals surface area contributed by atoms with Crippen molar-refractivity contribution in [1.82, 2.24) is 9.80 Å². The Kier molecular flexibility index (Phi) is 4.52. The second kappa shape index (κ2) is 6.46. The van der Waals surface area contributed by atoms with Crippen molar-refractivity contribution in [3.63, 3.8) is 0 Å². The molecule has 24 heavy (non-hydrogen) atoms. The van der Waals surface area contributed by atoms with E-state index in [4.69, 9.17) is 0 Å². The van der Waals surface area contributed by atoms with Gasteiger partial charge in [0, 0.05) is 38.0 Å². The van der Waals surface area contributed by atoms with Crippen LogP contribution in [0.25, 0.3) is 0 Å². The lowest BCUT2D eigenvalue weighted by Gasteiger charge is -2.48. The van der Waals surface area contributed by atoms with E-state index >= 15 is 0 Å². The van der Waals surface area contributed by atoms with Crippen LogP contribution < -0.4 is 0 Å². The molecule has 1 aromatic rings. The van der Waals surface area contributed by atoms with Crippen LogP contribution in [0.2, 0.25) is 0 Å². The molecule has 2 aliphatic rings. The van der Waals surface area contributed by atoms with Gasteiger partial charge in [-0.1, -0.05) is 12.1 Å². The molecule has 5 heteroatoms. The highest BCUT2D eigenvalue weighted by Gasteiger charge is 2.42. The van der Waals surface area contributed by atoms with Gasteiger partial charge in [0.2, 0.25) is 5.91 Å². The van der Waals surface area contributed by atoms with E-state index in [0.717, 1.165) is 32.4 Å². The summed E-state index contributed by atoms with van der Waals surface area (Å²) in [7, 11) is 0. The quantitative estimate of drug-likeness (QED) is 0.906. The molecule has 0 bridgehead atoms. The predicted molar refractivity (Wildman–Crippen MR) is 91.9 cm³/mol. The molecule has 2 amide bonds. The van der Waals surface area contributed by atoms with Crippen LogP contribution in [-0.4, -0.2) is 52.9 Å². The first-order valence-corrected chi connectivity index (χ1v) is 8.81. The van der Waals surface area contributed by atoms with Gasteiger partial charge in [0.05, 0.1) is 5.56 Å². The second-order valence-corrected chi connectivity index (χ2v) is 7.21. The van der Waals surface area contributed by atoms with Crippen molar-refractivity contribution >= 4 is 11.8 Å². The number of phenolic OH excluding ortho intramolecular Hbond substituents is 1. The van der Waals surface area contributed by atoms with Crippen molar-refractivity contribution in [1.29, 1.82) is 0 Å². The average Bonchev–Trinajstić information content (AvgIpc) is 2.59. The van der Waals surface area contributed by atoms with Crippen LogP contribution in [0.4, 0.5) is 0 Å². The summed E-state index contributed by atoms with van der Waals surface area (Å²) >= 11 is 0. The first-order chi connectivity index (χ1) is 11.5. The highest BCUT2D eigenvalue weighted by Crippen LogP contribution is 2.39. The number of aromatic hydroxyl groups is 1. The van der Waals surface area contributed by atoms with E-state index in [1.165, 1.54) is 0 Å². The molecule has 130 valence electrons. The molecule has 2 heterocycles. The van der Waals surface area contributed by atoms with Crippen molar-refractivity contribution < 1.29 is 14.7 Å². The Bertz CT molecular complexity index is 658. The number of benzene rings is 1. The molecular formula is C19H26N2O3. The number of likely N-dealkylation sites (tertiary alicyclic amines) is 2.